The molecule has 4 rings (SSSR count). The molecule has 0 aliphatic carbocycles. The average Bonchev–Trinajstić information content (AvgIpc) is 3.15. The fourth-order valence-corrected chi connectivity index (χ4v) is 4.56. The summed E-state index contributed by atoms with van der Waals surface area (Å²) in [5, 5.41) is 4.33. The van der Waals surface area contributed by atoms with Crippen molar-refractivity contribution in [2.24, 2.45) is 7.05 Å². The third-order valence-corrected chi connectivity index (χ3v) is 6.05. The number of piperidine rings is 1. The summed E-state index contributed by atoms with van der Waals surface area (Å²) in [6.45, 7) is 2.94. The Morgan fingerprint density at radius 3 is 2.68 bits per heavy atom. The summed E-state index contributed by atoms with van der Waals surface area (Å²) >= 11 is 0. The van der Waals surface area contributed by atoms with E-state index >= 15 is 0 Å². The molecular formula is C19H25N5O. The van der Waals surface area contributed by atoms with E-state index in [0.717, 1.165) is 32.5 Å². The summed E-state index contributed by atoms with van der Waals surface area (Å²) in [6.07, 6.45) is 10.4. The van der Waals surface area contributed by atoms with Gasteiger partial charge < -0.3 is 4.90 Å². The number of amides is 1. The van der Waals surface area contributed by atoms with Gasteiger partial charge in [-0.15, -0.1) is 0 Å². The van der Waals surface area contributed by atoms with Crippen molar-refractivity contribution in [3.05, 3.63) is 48.0 Å². The van der Waals surface area contributed by atoms with Crippen molar-refractivity contribution >= 4 is 5.91 Å². The predicted octanol–water partition coefficient (Wildman–Crippen LogP) is 1.80. The van der Waals surface area contributed by atoms with Gasteiger partial charge in [-0.05, 0) is 30.0 Å². The van der Waals surface area contributed by atoms with Crippen LogP contribution in [0.15, 0.2) is 36.9 Å². The lowest BCUT2D eigenvalue weighted by Crippen LogP contribution is -2.53. The molecule has 2 saturated heterocycles. The van der Waals surface area contributed by atoms with Gasteiger partial charge >= 0.3 is 0 Å². The number of pyridine rings is 1. The molecular weight excluding hydrogens is 314 g/mol. The Labute approximate surface area is 148 Å². The van der Waals surface area contributed by atoms with E-state index in [1.807, 2.05) is 48.3 Å². The minimum absolute atomic E-state index is 0.0639. The third-order valence-electron chi connectivity index (χ3n) is 6.05. The molecule has 2 fully saturated rings. The first kappa shape index (κ1) is 16.3. The minimum atomic E-state index is -0.0639. The maximum atomic E-state index is 12.5. The van der Waals surface area contributed by atoms with Crippen LogP contribution in [-0.4, -0.2) is 56.1 Å². The van der Waals surface area contributed by atoms with E-state index in [-0.39, 0.29) is 17.4 Å². The van der Waals surface area contributed by atoms with Gasteiger partial charge in [0, 0.05) is 64.7 Å². The minimum Gasteiger partial charge on any atom is -0.339 e. The van der Waals surface area contributed by atoms with Crippen molar-refractivity contribution in [2.75, 3.05) is 20.1 Å². The van der Waals surface area contributed by atoms with E-state index in [0.29, 0.717) is 6.42 Å². The fraction of sp³-hybridized carbons (Fsp3) is 0.526. The highest BCUT2D eigenvalue weighted by Crippen LogP contribution is 2.48. The van der Waals surface area contributed by atoms with Crippen LogP contribution in [0.1, 0.15) is 36.3 Å². The zero-order chi connectivity index (χ0) is 17.4. The molecule has 0 aromatic carbocycles. The maximum Gasteiger partial charge on any atom is 0.223 e. The van der Waals surface area contributed by atoms with Crippen molar-refractivity contribution < 1.29 is 4.79 Å². The van der Waals surface area contributed by atoms with Crippen molar-refractivity contribution in [1.82, 2.24) is 24.6 Å². The number of likely N-dealkylation sites (N-methyl/N-ethyl adjacent to an activating group) is 1. The van der Waals surface area contributed by atoms with Gasteiger partial charge in [0.15, 0.2) is 0 Å². The Morgan fingerprint density at radius 2 is 2.04 bits per heavy atom. The molecule has 2 aliphatic rings. The molecule has 2 aromatic heterocycles. The Hall–Kier alpha value is -2.21. The predicted molar refractivity (Wildman–Crippen MR) is 94.8 cm³/mol. The zero-order valence-electron chi connectivity index (χ0n) is 14.9. The number of aromatic nitrogens is 3. The summed E-state index contributed by atoms with van der Waals surface area (Å²) in [7, 11) is 3.92. The van der Waals surface area contributed by atoms with Crippen molar-refractivity contribution in [2.45, 2.75) is 37.3 Å². The third kappa shape index (κ3) is 2.84. The fourth-order valence-electron chi connectivity index (χ4n) is 4.56. The van der Waals surface area contributed by atoms with Crippen LogP contribution in [0, 0.1) is 0 Å². The first-order chi connectivity index (χ1) is 12.1. The second-order valence-corrected chi connectivity index (χ2v) is 7.40. The number of aryl methyl sites for hydroxylation is 1. The van der Waals surface area contributed by atoms with E-state index in [2.05, 4.69) is 27.2 Å². The van der Waals surface area contributed by atoms with Crippen LogP contribution >= 0.6 is 0 Å². The lowest BCUT2D eigenvalue weighted by molar-refractivity contribution is -0.130. The molecule has 6 heteroatoms. The van der Waals surface area contributed by atoms with Gasteiger partial charge in [0.1, 0.15) is 0 Å². The lowest BCUT2D eigenvalue weighted by atomic mass is 9.74. The quantitative estimate of drug-likeness (QED) is 0.856. The van der Waals surface area contributed by atoms with Crippen LogP contribution in [-0.2, 0) is 18.4 Å². The maximum absolute atomic E-state index is 12.5. The van der Waals surface area contributed by atoms with Crippen LogP contribution in [0.3, 0.4) is 0 Å². The van der Waals surface area contributed by atoms with Crippen molar-refractivity contribution in [3.8, 4) is 0 Å². The van der Waals surface area contributed by atoms with Gasteiger partial charge in [-0.25, -0.2) is 0 Å². The monoisotopic (exact) mass is 339 g/mol. The summed E-state index contributed by atoms with van der Waals surface area (Å²) < 4.78 is 1.84. The molecule has 132 valence electrons. The SMILES string of the molecule is CN1C(=O)CC(c2cnn(C)c2)C12CCN(Cc1cccnc1)CC2. The summed E-state index contributed by atoms with van der Waals surface area (Å²) in [5.41, 5.74) is 2.38. The smallest absolute Gasteiger partial charge is 0.223 e. The number of hydrogen-bond donors (Lipinski definition) is 0. The Balaban J connectivity index is 1.51. The second-order valence-electron chi connectivity index (χ2n) is 7.40. The Kier molecular flexibility index (Phi) is 4.07. The highest BCUT2D eigenvalue weighted by atomic mass is 16.2. The van der Waals surface area contributed by atoms with Crippen LogP contribution < -0.4 is 0 Å². The summed E-state index contributed by atoms with van der Waals surface area (Å²) in [4.78, 5) is 21.2. The molecule has 0 N–H and O–H groups in total. The van der Waals surface area contributed by atoms with Crippen LogP contribution in [0.4, 0.5) is 0 Å². The molecule has 2 aliphatic heterocycles. The molecule has 6 nitrogen and oxygen atoms in total. The highest BCUT2D eigenvalue weighted by Gasteiger charge is 2.52. The molecule has 0 saturated carbocycles. The van der Waals surface area contributed by atoms with E-state index < -0.39 is 0 Å². The van der Waals surface area contributed by atoms with Gasteiger partial charge in [0.25, 0.3) is 0 Å². The standard InChI is InChI=1S/C19H25N5O/c1-22-14-16(12-21-22)17-10-18(25)23(2)19(17)5-8-24(9-6-19)13-15-4-3-7-20-11-15/h3-4,7,11-12,14,17H,5-6,8-10,13H2,1-2H3. The van der Waals surface area contributed by atoms with E-state index in [1.54, 1.807) is 0 Å². The Morgan fingerprint density at radius 1 is 1.24 bits per heavy atom. The van der Waals surface area contributed by atoms with Gasteiger partial charge in [0.2, 0.25) is 5.91 Å². The first-order valence-electron chi connectivity index (χ1n) is 8.95. The van der Waals surface area contributed by atoms with E-state index in [1.165, 1.54) is 11.1 Å². The molecule has 4 heterocycles. The molecule has 1 unspecified atom stereocenters. The summed E-state index contributed by atoms with van der Waals surface area (Å²) in [5.74, 6) is 0.508. The topological polar surface area (TPSA) is 54.3 Å². The lowest BCUT2D eigenvalue weighted by Gasteiger charge is -2.46. The largest absolute Gasteiger partial charge is 0.339 e. The first-order valence-corrected chi connectivity index (χ1v) is 8.95. The molecule has 25 heavy (non-hydrogen) atoms. The van der Waals surface area contributed by atoms with E-state index in [4.69, 9.17) is 0 Å². The second kappa shape index (κ2) is 6.26. The van der Waals surface area contributed by atoms with Crippen LogP contribution in [0.5, 0.6) is 0 Å². The van der Waals surface area contributed by atoms with Gasteiger partial charge in [0.05, 0.1) is 11.7 Å². The number of carbonyl (C=O) groups excluding carboxylic acids is 1. The Bertz CT molecular complexity index is 748. The number of carbonyl (C=O) groups is 1. The molecule has 0 bridgehead atoms. The van der Waals surface area contributed by atoms with Gasteiger partial charge in [-0.3, -0.25) is 19.4 Å². The molecule has 2 aromatic rings. The number of nitrogens with zero attached hydrogens (tertiary/aromatic N) is 5. The van der Waals surface area contributed by atoms with Crippen molar-refractivity contribution in [3.63, 3.8) is 0 Å². The van der Waals surface area contributed by atoms with Crippen LogP contribution in [0.25, 0.3) is 0 Å². The number of rotatable bonds is 3. The average molecular weight is 339 g/mol. The van der Waals surface area contributed by atoms with Gasteiger partial charge in [-0.1, -0.05) is 6.07 Å². The molecule has 1 amide bonds. The summed E-state index contributed by atoms with van der Waals surface area (Å²) in [6, 6.07) is 4.11. The zero-order valence-corrected chi connectivity index (χ0v) is 14.9. The number of likely N-dealkylation sites (tertiary alicyclic amines) is 2. The van der Waals surface area contributed by atoms with Crippen molar-refractivity contribution in [1.29, 1.82) is 0 Å². The molecule has 1 spiro atoms. The molecule has 1 atom stereocenters. The normalized spacial score (nSPS) is 23.5. The van der Waals surface area contributed by atoms with E-state index in [9.17, 15) is 4.79 Å². The highest BCUT2D eigenvalue weighted by molar-refractivity contribution is 5.81. The number of hydrogen-bond acceptors (Lipinski definition) is 4. The van der Waals surface area contributed by atoms with Gasteiger partial charge in [-0.2, -0.15) is 5.10 Å². The van der Waals surface area contributed by atoms with Crippen LogP contribution in [0.2, 0.25) is 0 Å². The molecule has 0 radical (unpaired) electrons.